The molecule has 0 radical (unpaired) electrons. The zero-order chi connectivity index (χ0) is 13.9. The van der Waals surface area contributed by atoms with Crippen molar-refractivity contribution in [2.24, 2.45) is 7.05 Å². The van der Waals surface area contributed by atoms with Gasteiger partial charge in [-0.1, -0.05) is 12.1 Å². The molecule has 0 spiro atoms. The SMILES string of the molecule is CC(NCCc1nccn1C)c1ccc2c(c1)CCO2. The summed E-state index contributed by atoms with van der Waals surface area (Å²) >= 11 is 0. The van der Waals surface area contributed by atoms with Crippen molar-refractivity contribution in [2.45, 2.75) is 25.8 Å². The zero-order valence-electron chi connectivity index (χ0n) is 12.1. The number of aromatic nitrogens is 2. The van der Waals surface area contributed by atoms with Gasteiger partial charge in [0.05, 0.1) is 6.61 Å². The first-order chi connectivity index (χ1) is 9.74. The van der Waals surface area contributed by atoms with Gasteiger partial charge < -0.3 is 14.6 Å². The van der Waals surface area contributed by atoms with Crippen LogP contribution in [-0.4, -0.2) is 22.7 Å². The highest BCUT2D eigenvalue weighted by atomic mass is 16.5. The van der Waals surface area contributed by atoms with Crippen LogP contribution in [0.25, 0.3) is 0 Å². The van der Waals surface area contributed by atoms with Crippen molar-refractivity contribution < 1.29 is 4.74 Å². The minimum absolute atomic E-state index is 0.348. The molecule has 4 heteroatoms. The molecular formula is C16H21N3O. The second kappa shape index (κ2) is 5.67. The number of rotatable bonds is 5. The topological polar surface area (TPSA) is 39.1 Å². The fourth-order valence-corrected chi connectivity index (χ4v) is 2.63. The number of hydrogen-bond donors (Lipinski definition) is 1. The van der Waals surface area contributed by atoms with E-state index >= 15 is 0 Å². The van der Waals surface area contributed by atoms with Crippen LogP contribution >= 0.6 is 0 Å². The Morgan fingerprint density at radius 3 is 3.15 bits per heavy atom. The fraction of sp³-hybridized carbons (Fsp3) is 0.438. The van der Waals surface area contributed by atoms with Gasteiger partial charge in [-0.3, -0.25) is 0 Å². The first-order valence-electron chi connectivity index (χ1n) is 7.19. The number of benzene rings is 1. The molecular weight excluding hydrogens is 250 g/mol. The Kier molecular flexibility index (Phi) is 3.74. The van der Waals surface area contributed by atoms with Gasteiger partial charge in [0, 0.05) is 44.9 Å². The van der Waals surface area contributed by atoms with E-state index in [0.717, 1.165) is 37.6 Å². The Hall–Kier alpha value is -1.81. The Labute approximate surface area is 119 Å². The minimum atomic E-state index is 0.348. The third-order valence-corrected chi connectivity index (χ3v) is 3.93. The highest BCUT2D eigenvalue weighted by Crippen LogP contribution is 2.27. The van der Waals surface area contributed by atoms with Crippen molar-refractivity contribution in [3.63, 3.8) is 0 Å². The van der Waals surface area contributed by atoms with Gasteiger partial charge in [0.1, 0.15) is 11.6 Å². The van der Waals surface area contributed by atoms with Crippen LogP contribution < -0.4 is 10.1 Å². The van der Waals surface area contributed by atoms with Crippen molar-refractivity contribution in [3.05, 3.63) is 47.5 Å². The van der Waals surface area contributed by atoms with Crippen LogP contribution in [0.5, 0.6) is 5.75 Å². The molecule has 2 heterocycles. The molecule has 1 aliphatic rings. The van der Waals surface area contributed by atoms with E-state index in [0.29, 0.717) is 6.04 Å². The van der Waals surface area contributed by atoms with Crippen molar-refractivity contribution in [2.75, 3.05) is 13.2 Å². The molecule has 4 nitrogen and oxygen atoms in total. The van der Waals surface area contributed by atoms with Crippen LogP contribution in [-0.2, 0) is 19.9 Å². The highest BCUT2D eigenvalue weighted by Gasteiger charge is 2.14. The van der Waals surface area contributed by atoms with Crippen molar-refractivity contribution in [3.8, 4) is 5.75 Å². The van der Waals surface area contributed by atoms with Crippen molar-refractivity contribution in [1.29, 1.82) is 0 Å². The summed E-state index contributed by atoms with van der Waals surface area (Å²) in [6, 6.07) is 6.86. The summed E-state index contributed by atoms with van der Waals surface area (Å²) in [7, 11) is 2.03. The molecule has 1 N–H and O–H groups in total. The van der Waals surface area contributed by atoms with Gasteiger partial charge in [0.25, 0.3) is 0 Å². The summed E-state index contributed by atoms with van der Waals surface area (Å²) < 4.78 is 7.61. The number of fused-ring (bicyclic) bond motifs is 1. The number of imidazole rings is 1. The maximum atomic E-state index is 5.55. The molecule has 0 bridgehead atoms. The van der Waals surface area contributed by atoms with E-state index in [1.165, 1.54) is 11.1 Å². The molecule has 1 aromatic carbocycles. The lowest BCUT2D eigenvalue weighted by Gasteiger charge is -2.15. The molecule has 2 aromatic rings. The molecule has 106 valence electrons. The lowest BCUT2D eigenvalue weighted by atomic mass is 10.0. The molecule has 1 unspecified atom stereocenters. The van der Waals surface area contributed by atoms with Crippen LogP contribution in [0, 0.1) is 0 Å². The molecule has 1 atom stereocenters. The van der Waals surface area contributed by atoms with Crippen molar-refractivity contribution >= 4 is 0 Å². The second-order valence-electron chi connectivity index (χ2n) is 5.35. The summed E-state index contributed by atoms with van der Waals surface area (Å²) in [5.41, 5.74) is 2.66. The van der Waals surface area contributed by atoms with Crippen LogP contribution in [0.1, 0.15) is 29.9 Å². The molecule has 1 aliphatic heterocycles. The maximum absolute atomic E-state index is 5.55. The quantitative estimate of drug-likeness (QED) is 0.906. The summed E-state index contributed by atoms with van der Waals surface area (Å²) in [5.74, 6) is 2.17. The molecule has 3 rings (SSSR count). The summed E-state index contributed by atoms with van der Waals surface area (Å²) in [4.78, 5) is 4.34. The number of nitrogens with one attached hydrogen (secondary N) is 1. The number of nitrogens with zero attached hydrogens (tertiary/aromatic N) is 2. The Bertz CT molecular complexity index is 591. The normalized spacial score (nSPS) is 14.9. The molecule has 0 amide bonds. The first kappa shape index (κ1) is 13.2. The third kappa shape index (κ3) is 2.70. The van der Waals surface area contributed by atoms with E-state index in [-0.39, 0.29) is 0 Å². The predicted octanol–water partition coefficient (Wildman–Crippen LogP) is 2.25. The van der Waals surface area contributed by atoms with E-state index in [1.54, 1.807) is 0 Å². The predicted molar refractivity (Wildman–Crippen MR) is 79.0 cm³/mol. The Morgan fingerprint density at radius 1 is 1.45 bits per heavy atom. The average molecular weight is 271 g/mol. The molecule has 0 saturated heterocycles. The number of hydrogen-bond acceptors (Lipinski definition) is 3. The van der Waals surface area contributed by atoms with Crippen LogP contribution in [0.2, 0.25) is 0 Å². The maximum Gasteiger partial charge on any atom is 0.122 e. The molecule has 0 aliphatic carbocycles. The van der Waals surface area contributed by atoms with E-state index in [2.05, 4.69) is 40.0 Å². The van der Waals surface area contributed by atoms with E-state index in [4.69, 9.17) is 4.74 Å². The number of ether oxygens (including phenoxy) is 1. The van der Waals surface area contributed by atoms with Crippen LogP contribution in [0.3, 0.4) is 0 Å². The summed E-state index contributed by atoms with van der Waals surface area (Å²) in [6.45, 7) is 3.95. The van der Waals surface area contributed by atoms with Crippen LogP contribution in [0.15, 0.2) is 30.6 Å². The van der Waals surface area contributed by atoms with Gasteiger partial charge in [-0.2, -0.15) is 0 Å². The Balaban J connectivity index is 1.56. The van der Waals surface area contributed by atoms with Crippen LogP contribution in [0.4, 0.5) is 0 Å². The monoisotopic (exact) mass is 271 g/mol. The van der Waals surface area contributed by atoms with Gasteiger partial charge in [0.2, 0.25) is 0 Å². The molecule has 1 aromatic heterocycles. The van der Waals surface area contributed by atoms with Gasteiger partial charge in [-0.25, -0.2) is 4.98 Å². The number of aryl methyl sites for hydroxylation is 1. The summed E-state index contributed by atoms with van der Waals surface area (Å²) in [5, 5.41) is 3.56. The van der Waals surface area contributed by atoms with Gasteiger partial charge in [-0.05, 0) is 24.1 Å². The fourth-order valence-electron chi connectivity index (χ4n) is 2.63. The average Bonchev–Trinajstić information content (AvgIpc) is 3.07. The van der Waals surface area contributed by atoms with Gasteiger partial charge >= 0.3 is 0 Å². The minimum Gasteiger partial charge on any atom is -0.493 e. The van der Waals surface area contributed by atoms with E-state index < -0.39 is 0 Å². The zero-order valence-corrected chi connectivity index (χ0v) is 12.1. The standard InChI is InChI=1S/C16H21N3O/c1-12(17-7-5-16-18-8-9-19(16)2)13-3-4-15-14(11-13)6-10-20-15/h3-4,8-9,11-12,17H,5-7,10H2,1-2H3. The van der Waals surface area contributed by atoms with E-state index in [1.807, 2.05) is 19.4 Å². The summed E-state index contributed by atoms with van der Waals surface area (Å²) in [6.07, 6.45) is 5.81. The lowest BCUT2D eigenvalue weighted by molar-refractivity contribution is 0.356. The van der Waals surface area contributed by atoms with Gasteiger partial charge in [0.15, 0.2) is 0 Å². The molecule has 0 fully saturated rings. The van der Waals surface area contributed by atoms with E-state index in [9.17, 15) is 0 Å². The second-order valence-corrected chi connectivity index (χ2v) is 5.35. The molecule has 0 saturated carbocycles. The lowest BCUT2D eigenvalue weighted by Crippen LogP contribution is -2.22. The smallest absolute Gasteiger partial charge is 0.122 e. The molecule has 20 heavy (non-hydrogen) atoms. The Morgan fingerprint density at radius 2 is 2.35 bits per heavy atom. The van der Waals surface area contributed by atoms with Crippen molar-refractivity contribution in [1.82, 2.24) is 14.9 Å². The first-order valence-corrected chi connectivity index (χ1v) is 7.19. The third-order valence-electron chi connectivity index (χ3n) is 3.93. The largest absolute Gasteiger partial charge is 0.493 e. The highest BCUT2D eigenvalue weighted by molar-refractivity contribution is 5.40. The van der Waals surface area contributed by atoms with Gasteiger partial charge in [-0.15, -0.1) is 0 Å².